The quantitative estimate of drug-likeness (QED) is 0.174. The fraction of sp³-hybridized carbons (Fsp3) is 0.511. The Morgan fingerprint density at radius 1 is 0.981 bits per heavy atom. The monoisotopic (exact) mass is 737 g/mol. The van der Waals surface area contributed by atoms with Crippen LogP contribution in [0.2, 0.25) is 0 Å². The van der Waals surface area contributed by atoms with Crippen molar-refractivity contribution in [1.29, 1.82) is 0 Å². The molecular formula is C45H64N6O3. The fourth-order valence-corrected chi connectivity index (χ4v) is 7.13. The summed E-state index contributed by atoms with van der Waals surface area (Å²) in [7, 11) is 0. The van der Waals surface area contributed by atoms with Crippen molar-refractivity contribution in [1.82, 2.24) is 29.7 Å². The molecule has 2 amide bonds. The van der Waals surface area contributed by atoms with Gasteiger partial charge >= 0.3 is 6.09 Å². The van der Waals surface area contributed by atoms with Crippen LogP contribution in [0.1, 0.15) is 105 Å². The summed E-state index contributed by atoms with van der Waals surface area (Å²) in [5.41, 5.74) is 9.25. The molecular weight excluding hydrogens is 673 g/mol. The van der Waals surface area contributed by atoms with Crippen LogP contribution in [0.3, 0.4) is 0 Å². The average molecular weight is 737 g/mol. The van der Waals surface area contributed by atoms with E-state index in [1.54, 1.807) is 0 Å². The number of amides is 2. The lowest BCUT2D eigenvalue weighted by Crippen LogP contribution is -2.52. The highest BCUT2D eigenvalue weighted by Gasteiger charge is 2.27. The number of benzene rings is 2. The second-order valence-electron chi connectivity index (χ2n) is 14.3. The van der Waals surface area contributed by atoms with E-state index in [1.807, 2.05) is 72.6 Å². The predicted molar refractivity (Wildman–Crippen MR) is 219 cm³/mol. The van der Waals surface area contributed by atoms with Crippen molar-refractivity contribution < 1.29 is 14.3 Å². The largest absolute Gasteiger partial charge is 0.446 e. The SMILES string of the molecule is CC.CC1CNCCN1C(=O)OC1CCCCC1.CCc1cn(CCCN(C=O)Cc2ccccc2)cn1.Cc1ccc2c(c1)CCc1cccnc1C2. The van der Waals surface area contributed by atoms with E-state index in [9.17, 15) is 9.59 Å². The molecule has 0 spiro atoms. The summed E-state index contributed by atoms with van der Waals surface area (Å²) >= 11 is 0. The lowest BCUT2D eigenvalue weighted by molar-refractivity contribution is -0.118. The maximum absolute atomic E-state index is 12.0. The van der Waals surface area contributed by atoms with E-state index < -0.39 is 0 Å². The lowest BCUT2D eigenvalue weighted by Gasteiger charge is -2.34. The molecule has 7 rings (SSSR count). The molecule has 4 aromatic rings. The highest BCUT2D eigenvalue weighted by Crippen LogP contribution is 2.24. The Hall–Kier alpha value is -4.50. The lowest BCUT2D eigenvalue weighted by atomic mass is 9.98. The fourth-order valence-electron chi connectivity index (χ4n) is 7.13. The number of pyridine rings is 1. The summed E-state index contributed by atoms with van der Waals surface area (Å²) in [6.45, 7) is 15.2. The molecule has 2 fully saturated rings. The zero-order valence-corrected chi connectivity index (χ0v) is 33.5. The zero-order chi connectivity index (χ0) is 38.5. The number of ether oxygens (including phenoxy) is 1. The summed E-state index contributed by atoms with van der Waals surface area (Å²) in [5.74, 6) is 0. The number of rotatable bonds is 9. The Labute approximate surface area is 324 Å². The molecule has 1 unspecified atom stereocenters. The Bertz CT molecular complexity index is 1670. The topological polar surface area (TPSA) is 92.6 Å². The van der Waals surface area contributed by atoms with Gasteiger partial charge in [-0.25, -0.2) is 9.78 Å². The van der Waals surface area contributed by atoms with Crippen LogP contribution in [0.5, 0.6) is 0 Å². The van der Waals surface area contributed by atoms with Gasteiger partial charge in [0.2, 0.25) is 6.41 Å². The number of carbonyl (C=O) groups excluding carboxylic acids is 2. The van der Waals surface area contributed by atoms with Gasteiger partial charge in [-0.1, -0.05) is 87.4 Å². The van der Waals surface area contributed by atoms with Gasteiger partial charge in [-0.05, 0) is 93.5 Å². The Kier molecular flexibility index (Phi) is 18.2. The first-order valence-electron chi connectivity index (χ1n) is 20.3. The molecule has 9 heteroatoms. The van der Waals surface area contributed by atoms with Gasteiger partial charge in [-0.2, -0.15) is 0 Å². The van der Waals surface area contributed by atoms with Crippen LogP contribution in [0.15, 0.2) is 79.4 Å². The van der Waals surface area contributed by atoms with Crippen molar-refractivity contribution in [3.63, 3.8) is 0 Å². The first-order chi connectivity index (χ1) is 26.4. The van der Waals surface area contributed by atoms with E-state index in [-0.39, 0.29) is 18.2 Å². The summed E-state index contributed by atoms with van der Waals surface area (Å²) in [5, 5.41) is 3.27. The maximum Gasteiger partial charge on any atom is 0.410 e. The second-order valence-corrected chi connectivity index (χ2v) is 14.3. The Morgan fingerprint density at radius 2 is 1.76 bits per heavy atom. The minimum Gasteiger partial charge on any atom is -0.446 e. The summed E-state index contributed by atoms with van der Waals surface area (Å²) in [4.78, 5) is 35.5. The van der Waals surface area contributed by atoms with Crippen molar-refractivity contribution in [2.75, 3.05) is 26.2 Å². The molecule has 1 aliphatic heterocycles. The molecule has 0 radical (unpaired) electrons. The number of fused-ring (bicyclic) bond motifs is 2. The minimum atomic E-state index is -0.110. The number of aromatic nitrogens is 3. The summed E-state index contributed by atoms with van der Waals surface area (Å²) in [6.07, 6.45) is 17.8. The molecule has 3 heterocycles. The maximum atomic E-state index is 12.0. The normalized spacial score (nSPS) is 16.3. The second kappa shape index (κ2) is 23.3. The van der Waals surface area contributed by atoms with E-state index in [4.69, 9.17) is 4.74 Å². The molecule has 1 saturated heterocycles. The van der Waals surface area contributed by atoms with Crippen LogP contribution in [0.4, 0.5) is 4.79 Å². The van der Waals surface area contributed by atoms with Gasteiger partial charge in [-0.3, -0.25) is 9.78 Å². The highest BCUT2D eigenvalue weighted by molar-refractivity contribution is 5.68. The molecule has 2 aromatic carbocycles. The van der Waals surface area contributed by atoms with E-state index in [1.165, 1.54) is 47.2 Å². The first kappa shape index (κ1) is 42.2. The van der Waals surface area contributed by atoms with Gasteiger partial charge in [0.05, 0.1) is 12.0 Å². The number of imidazole rings is 1. The van der Waals surface area contributed by atoms with Crippen molar-refractivity contribution >= 4 is 12.5 Å². The highest BCUT2D eigenvalue weighted by atomic mass is 16.6. The number of hydrogen-bond acceptors (Lipinski definition) is 6. The molecule has 1 N–H and O–H groups in total. The summed E-state index contributed by atoms with van der Waals surface area (Å²) < 4.78 is 7.65. The van der Waals surface area contributed by atoms with Gasteiger partial charge in [0, 0.05) is 69.8 Å². The average Bonchev–Trinajstić information content (AvgIpc) is 3.60. The number of hydrogen-bond donors (Lipinski definition) is 1. The van der Waals surface area contributed by atoms with Gasteiger partial charge in [0.15, 0.2) is 0 Å². The molecule has 1 saturated carbocycles. The molecule has 1 atom stereocenters. The van der Waals surface area contributed by atoms with Gasteiger partial charge in [-0.15, -0.1) is 0 Å². The third-order valence-electron chi connectivity index (χ3n) is 10.2. The minimum absolute atomic E-state index is 0.110. The third kappa shape index (κ3) is 13.7. The van der Waals surface area contributed by atoms with Crippen LogP contribution in [-0.4, -0.2) is 75.2 Å². The van der Waals surface area contributed by atoms with Crippen molar-refractivity contribution in [2.24, 2.45) is 0 Å². The molecule has 3 aliphatic rings. The van der Waals surface area contributed by atoms with E-state index in [2.05, 4.69) is 71.1 Å². The molecule has 9 nitrogen and oxygen atoms in total. The molecule has 2 aromatic heterocycles. The van der Waals surface area contributed by atoms with Gasteiger partial charge < -0.3 is 24.4 Å². The molecule has 2 aliphatic carbocycles. The van der Waals surface area contributed by atoms with Crippen molar-refractivity contribution in [2.45, 2.75) is 124 Å². The van der Waals surface area contributed by atoms with Crippen LogP contribution in [-0.2, 0) is 48.3 Å². The first-order valence-corrected chi connectivity index (χ1v) is 20.3. The smallest absolute Gasteiger partial charge is 0.410 e. The third-order valence-corrected chi connectivity index (χ3v) is 10.2. The predicted octanol–water partition coefficient (Wildman–Crippen LogP) is 8.35. The Morgan fingerprint density at radius 3 is 2.48 bits per heavy atom. The zero-order valence-electron chi connectivity index (χ0n) is 33.5. The van der Waals surface area contributed by atoms with Crippen LogP contribution in [0, 0.1) is 6.92 Å². The summed E-state index contributed by atoms with van der Waals surface area (Å²) in [6, 6.07) is 21.3. The number of carbonyl (C=O) groups is 2. The van der Waals surface area contributed by atoms with Crippen molar-refractivity contribution in [3.05, 3.63) is 119 Å². The van der Waals surface area contributed by atoms with Crippen LogP contribution >= 0.6 is 0 Å². The van der Waals surface area contributed by atoms with E-state index in [0.29, 0.717) is 6.54 Å². The number of nitrogens with zero attached hydrogens (tertiary/aromatic N) is 5. The number of piperazine rings is 1. The van der Waals surface area contributed by atoms with Gasteiger partial charge in [0.1, 0.15) is 6.10 Å². The Balaban J connectivity index is 0.000000178. The number of aryl methyl sites for hydroxylation is 5. The van der Waals surface area contributed by atoms with Crippen LogP contribution in [0.25, 0.3) is 0 Å². The standard InChI is InChI=1S/C16H21N3O.C15H15N.C12H22N2O2.C2H6/c1-2-16-12-18(13-17-16)9-6-10-19(14-20)11-15-7-4-3-5-8-15;1-11-4-5-14-10-15-12(3-2-8-16-15)6-7-13(14)9-11;1-10-9-13-7-8-14(10)12(15)16-11-5-3-2-4-6-11;1-2/h3-5,7-8,12-14H,2,6,9-11H2,1H3;2-5,8-9H,6-7,10H2,1H3;10-11,13H,2-9H2,1H3;1-2H3. The number of nitrogens with one attached hydrogen (secondary N) is 1. The van der Waals surface area contributed by atoms with Crippen LogP contribution < -0.4 is 5.32 Å². The molecule has 292 valence electrons. The van der Waals surface area contributed by atoms with E-state index in [0.717, 1.165) is 95.3 Å². The molecule has 0 bridgehead atoms. The van der Waals surface area contributed by atoms with E-state index >= 15 is 0 Å². The van der Waals surface area contributed by atoms with Gasteiger partial charge in [0.25, 0.3) is 0 Å². The molecule has 54 heavy (non-hydrogen) atoms. The van der Waals surface area contributed by atoms with Crippen molar-refractivity contribution in [3.8, 4) is 0 Å².